The summed E-state index contributed by atoms with van der Waals surface area (Å²) < 4.78 is 5.68. The van der Waals surface area contributed by atoms with Crippen LogP contribution in [0.5, 0.6) is 5.75 Å². The highest BCUT2D eigenvalue weighted by Gasteiger charge is 2.19. The molecule has 0 saturated heterocycles. The number of nitrogens with one attached hydrogen (secondary N) is 1. The van der Waals surface area contributed by atoms with Crippen LogP contribution in [0.3, 0.4) is 0 Å². The van der Waals surface area contributed by atoms with Crippen molar-refractivity contribution < 1.29 is 14.6 Å². The van der Waals surface area contributed by atoms with Crippen LogP contribution in [-0.4, -0.2) is 17.5 Å². The fraction of sp³-hybridized carbons (Fsp3) is 0.136. The average Bonchev–Trinajstić information content (AvgIpc) is 2.69. The van der Waals surface area contributed by atoms with E-state index in [1.165, 1.54) is 0 Å². The van der Waals surface area contributed by atoms with Gasteiger partial charge in [0.15, 0.2) is 0 Å². The molecule has 27 heavy (non-hydrogen) atoms. The highest BCUT2D eigenvalue weighted by atomic mass is 32.2. The Morgan fingerprint density at radius 3 is 2.52 bits per heavy atom. The molecule has 0 aliphatic rings. The molecule has 0 saturated carbocycles. The van der Waals surface area contributed by atoms with Crippen LogP contribution >= 0.6 is 11.8 Å². The first-order valence-electron chi connectivity index (χ1n) is 8.55. The number of phenolic OH excluding ortho intramolecular Hbond substituents is 1. The van der Waals surface area contributed by atoms with Gasteiger partial charge in [-0.25, -0.2) is 4.79 Å². The molecule has 0 aromatic heterocycles. The van der Waals surface area contributed by atoms with E-state index in [0.29, 0.717) is 12.1 Å². The smallest absolute Gasteiger partial charge is 0.412 e. The summed E-state index contributed by atoms with van der Waals surface area (Å²) in [6, 6.07) is 18.5. The second-order valence-corrected chi connectivity index (χ2v) is 6.87. The van der Waals surface area contributed by atoms with E-state index < -0.39 is 12.2 Å². The molecule has 3 aromatic rings. The van der Waals surface area contributed by atoms with Crippen molar-refractivity contribution >= 4 is 34.3 Å². The normalized spacial score (nSPS) is 11.7. The molecule has 3 rings (SSSR count). The lowest BCUT2D eigenvalue weighted by molar-refractivity contribution is 0.113. The summed E-state index contributed by atoms with van der Waals surface area (Å²) in [6.45, 7) is 3.77. The second-order valence-electron chi connectivity index (χ2n) is 5.99. The van der Waals surface area contributed by atoms with Gasteiger partial charge >= 0.3 is 6.09 Å². The molecule has 4 nitrogen and oxygen atoms in total. The lowest BCUT2D eigenvalue weighted by Gasteiger charge is -2.19. The molecule has 2 N–H and O–H groups in total. The van der Waals surface area contributed by atoms with E-state index in [1.54, 1.807) is 30.0 Å². The largest absolute Gasteiger partial charge is 0.507 e. The molecule has 3 aromatic carbocycles. The van der Waals surface area contributed by atoms with Gasteiger partial charge < -0.3 is 9.84 Å². The topological polar surface area (TPSA) is 58.6 Å². The third kappa shape index (κ3) is 4.44. The van der Waals surface area contributed by atoms with Gasteiger partial charge in [0.05, 0.1) is 0 Å². The van der Waals surface area contributed by atoms with Gasteiger partial charge in [-0.2, -0.15) is 0 Å². The summed E-state index contributed by atoms with van der Waals surface area (Å²) >= 11 is 1.64. The van der Waals surface area contributed by atoms with E-state index >= 15 is 0 Å². The molecule has 0 radical (unpaired) electrons. The predicted molar refractivity (Wildman–Crippen MR) is 111 cm³/mol. The Bertz CT molecular complexity index is 953. The van der Waals surface area contributed by atoms with Gasteiger partial charge in [-0.1, -0.05) is 36.4 Å². The maximum atomic E-state index is 12.4. The highest BCUT2D eigenvalue weighted by Crippen LogP contribution is 2.34. The molecule has 0 heterocycles. The fourth-order valence-electron chi connectivity index (χ4n) is 2.93. The van der Waals surface area contributed by atoms with Crippen LogP contribution in [0, 0.1) is 0 Å². The number of aromatic hydroxyl groups is 1. The van der Waals surface area contributed by atoms with Crippen LogP contribution in [0.25, 0.3) is 10.8 Å². The number of fused-ring (bicyclic) bond motifs is 1. The van der Waals surface area contributed by atoms with E-state index in [-0.39, 0.29) is 5.75 Å². The first-order chi connectivity index (χ1) is 13.1. The van der Waals surface area contributed by atoms with Gasteiger partial charge in [-0.15, -0.1) is 18.3 Å². The number of amides is 1. The fourth-order valence-corrected chi connectivity index (χ4v) is 3.34. The van der Waals surface area contributed by atoms with Crippen molar-refractivity contribution in [3.8, 4) is 5.75 Å². The van der Waals surface area contributed by atoms with Crippen LogP contribution < -0.4 is 5.32 Å². The lowest BCUT2D eigenvalue weighted by Crippen LogP contribution is -2.17. The quantitative estimate of drug-likeness (QED) is 0.399. The number of ether oxygens (including phenoxy) is 1. The van der Waals surface area contributed by atoms with E-state index in [4.69, 9.17) is 4.74 Å². The maximum Gasteiger partial charge on any atom is 0.412 e. The molecule has 0 unspecified atom stereocenters. The van der Waals surface area contributed by atoms with Crippen molar-refractivity contribution in [1.82, 2.24) is 0 Å². The summed E-state index contributed by atoms with van der Waals surface area (Å²) in [6.07, 6.45) is 3.15. The first-order valence-corrected chi connectivity index (χ1v) is 9.78. The zero-order chi connectivity index (χ0) is 19.2. The molecular formula is C22H21NO3S. The Kier molecular flexibility index (Phi) is 6.04. The second kappa shape index (κ2) is 8.64. The first kappa shape index (κ1) is 18.9. The number of phenols is 1. The summed E-state index contributed by atoms with van der Waals surface area (Å²) in [4.78, 5) is 13.5. The Labute approximate surface area is 162 Å². The monoisotopic (exact) mass is 379 g/mol. The Balaban J connectivity index is 1.82. The molecule has 0 aliphatic carbocycles. The number of hydrogen-bond donors (Lipinski definition) is 2. The number of rotatable bonds is 6. The molecule has 1 atom stereocenters. The Morgan fingerprint density at radius 1 is 1.15 bits per heavy atom. The van der Waals surface area contributed by atoms with E-state index in [0.717, 1.165) is 21.2 Å². The number of carbonyl (C=O) groups excluding carboxylic acids is 1. The van der Waals surface area contributed by atoms with Gasteiger partial charge in [0.25, 0.3) is 0 Å². The number of carbonyl (C=O) groups is 1. The minimum absolute atomic E-state index is 0.199. The minimum atomic E-state index is -0.532. The van der Waals surface area contributed by atoms with Crippen molar-refractivity contribution in [2.45, 2.75) is 17.4 Å². The van der Waals surface area contributed by atoms with Crippen LogP contribution in [-0.2, 0) is 4.74 Å². The molecule has 0 spiro atoms. The van der Waals surface area contributed by atoms with Crippen molar-refractivity contribution in [3.05, 3.63) is 78.9 Å². The Morgan fingerprint density at radius 2 is 1.85 bits per heavy atom. The molecule has 0 fully saturated rings. The molecule has 138 valence electrons. The molecule has 1 amide bonds. The maximum absolute atomic E-state index is 12.4. The van der Waals surface area contributed by atoms with Crippen molar-refractivity contribution in [1.29, 1.82) is 0 Å². The lowest BCUT2D eigenvalue weighted by atomic mass is 9.98. The standard InChI is InChI=1S/C22H21NO3S/c1-3-6-21(19-13-14-20(24)18-8-5-4-7-17(18)19)26-22(25)23-15-9-11-16(27-2)12-10-15/h3-5,7-14,21,24H,1,6H2,2H3,(H,23,25)/t21-/m0/s1. The Hall–Kier alpha value is -2.92. The molecule has 0 bridgehead atoms. The van der Waals surface area contributed by atoms with Gasteiger partial charge in [0.2, 0.25) is 0 Å². The van der Waals surface area contributed by atoms with Crippen molar-refractivity contribution in [2.24, 2.45) is 0 Å². The number of benzene rings is 3. The van der Waals surface area contributed by atoms with E-state index in [2.05, 4.69) is 11.9 Å². The van der Waals surface area contributed by atoms with Gasteiger partial charge in [0.1, 0.15) is 11.9 Å². The van der Waals surface area contributed by atoms with E-state index in [9.17, 15) is 9.90 Å². The summed E-state index contributed by atoms with van der Waals surface area (Å²) in [5.74, 6) is 0.199. The van der Waals surface area contributed by atoms with Crippen LogP contribution in [0.15, 0.2) is 78.2 Å². The summed E-state index contributed by atoms with van der Waals surface area (Å²) in [5, 5.41) is 14.4. The zero-order valence-corrected chi connectivity index (χ0v) is 15.8. The predicted octanol–water partition coefficient (Wildman–Crippen LogP) is 6.13. The van der Waals surface area contributed by atoms with Crippen LogP contribution in [0.1, 0.15) is 18.1 Å². The van der Waals surface area contributed by atoms with Gasteiger partial charge in [-0.3, -0.25) is 5.32 Å². The van der Waals surface area contributed by atoms with Gasteiger partial charge in [0, 0.05) is 28.0 Å². The summed E-state index contributed by atoms with van der Waals surface area (Å²) in [7, 11) is 0. The highest BCUT2D eigenvalue weighted by molar-refractivity contribution is 7.98. The number of anilines is 1. The number of thioether (sulfide) groups is 1. The average molecular weight is 379 g/mol. The van der Waals surface area contributed by atoms with Crippen molar-refractivity contribution in [3.63, 3.8) is 0 Å². The number of hydrogen-bond acceptors (Lipinski definition) is 4. The molecule has 0 aliphatic heterocycles. The van der Waals surface area contributed by atoms with E-state index in [1.807, 2.05) is 54.8 Å². The third-order valence-corrected chi connectivity index (χ3v) is 4.99. The minimum Gasteiger partial charge on any atom is -0.507 e. The molecular weight excluding hydrogens is 358 g/mol. The van der Waals surface area contributed by atoms with Crippen molar-refractivity contribution in [2.75, 3.05) is 11.6 Å². The van der Waals surface area contributed by atoms with Crippen LogP contribution in [0.4, 0.5) is 10.5 Å². The summed E-state index contributed by atoms with van der Waals surface area (Å²) in [5.41, 5.74) is 1.50. The van der Waals surface area contributed by atoms with Gasteiger partial charge in [-0.05, 0) is 42.0 Å². The van der Waals surface area contributed by atoms with Crippen LogP contribution in [0.2, 0.25) is 0 Å². The zero-order valence-electron chi connectivity index (χ0n) is 15.0. The third-order valence-electron chi connectivity index (χ3n) is 4.25. The SMILES string of the molecule is C=CC[C@H](OC(=O)Nc1ccc(SC)cc1)c1ccc(O)c2ccccc12. The molecule has 5 heteroatoms.